The van der Waals surface area contributed by atoms with Gasteiger partial charge in [0.05, 0.1) is 5.38 Å². The summed E-state index contributed by atoms with van der Waals surface area (Å²) >= 11 is 0. The van der Waals surface area contributed by atoms with Crippen molar-refractivity contribution in [2.45, 2.75) is 83.7 Å². The summed E-state index contributed by atoms with van der Waals surface area (Å²) in [6, 6.07) is 13.5. The zero-order chi connectivity index (χ0) is 17.7. The number of hydrogen-bond acceptors (Lipinski definition) is 1. The third kappa shape index (κ3) is 4.28. The number of rotatable bonds is 7. The van der Waals surface area contributed by atoms with Crippen LogP contribution in [0.2, 0.25) is 13.1 Å². The molecule has 0 aliphatic heterocycles. The molecular weight excluding hydrogens is 320 g/mol. The highest BCUT2D eigenvalue weighted by atomic mass is 28.3. The Kier molecular flexibility index (Phi) is 6.22. The Bertz CT molecular complexity index is 650. The molecule has 1 aromatic carbocycles. The third-order valence-corrected chi connectivity index (χ3v) is 9.26. The van der Waals surface area contributed by atoms with Crippen molar-refractivity contribution in [1.82, 2.24) is 0 Å². The van der Waals surface area contributed by atoms with Gasteiger partial charge >= 0.3 is 0 Å². The zero-order valence-electron chi connectivity index (χ0n) is 16.3. The fourth-order valence-corrected chi connectivity index (χ4v) is 6.44. The molecule has 0 bridgehead atoms. The minimum absolute atomic E-state index is 0.739. The molecule has 0 radical (unpaired) electrons. The molecular formula is C23H34OSi. The molecule has 0 amide bonds. The van der Waals surface area contributed by atoms with E-state index < -0.39 is 8.07 Å². The van der Waals surface area contributed by atoms with E-state index in [2.05, 4.69) is 56.4 Å². The van der Waals surface area contributed by atoms with E-state index in [0.717, 1.165) is 12.3 Å². The van der Waals surface area contributed by atoms with Gasteiger partial charge in [-0.05, 0) is 36.8 Å². The Morgan fingerprint density at radius 3 is 2.40 bits per heavy atom. The molecule has 0 spiro atoms. The zero-order valence-corrected chi connectivity index (χ0v) is 17.3. The normalized spacial score (nSPS) is 16.3. The summed E-state index contributed by atoms with van der Waals surface area (Å²) < 4.78 is 6.60. The second-order valence-electron chi connectivity index (χ2n) is 8.27. The van der Waals surface area contributed by atoms with Crippen molar-refractivity contribution in [3.63, 3.8) is 0 Å². The molecule has 1 aromatic heterocycles. The summed E-state index contributed by atoms with van der Waals surface area (Å²) in [5, 5.41) is 2.75. The van der Waals surface area contributed by atoms with Crippen LogP contribution in [-0.2, 0) is 6.42 Å². The molecule has 1 fully saturated rings. The molecule has 2 aromatic rings. The average molecular weight is 355 g/mol. The maximum atomic E-state index is 6.60. The maximum Gasteiger partial charge on any atom is 0.156 e. The average Bonchev–Trinajstić information content (AvgIpc) is 3.08. The van der Waals surface area contributed by atoms with Gasteiger partial charge in [-0.25, -0.2) is 0 Å². The van der Waals surface area contributed by atoms with Crippen molar-refractivity contribution in [2.24, 2.45) is 0 Å². The Morgan fingerprint density at radius 1 is 1.00 bits per heavy atom. The van der Waals surface area contributed by atoms with E-state index in [1.165, 1.54) is 67.7 Å². The SMILES string of the molecule is CCCCCc1oc([Si](C)(C)c2ccccc2)cc1C1CCCCC1. The van der Waals surface area contributed by atoms with E-state index in [-0.39, 0.29) is 0 Å². The van der Waals surface area contributed by atoms with Crippen LogP contribution in [0.3, 0.4) is 0 Å². The summed E-state index contributed by atoms with van der Waals surface area (Å²) in [5.74, 6) is 2.05. The van der Waals surface area contributed by atoms with Crippen LogP contribution in [0.15, 0.2) is 40.8 Å². The van der Waals surface area contributed by atoms with Crippen molar-refractivity contribution in [1.29, 1.82) is 0 Å². The number of benzene rings is 1. The summed E-state index contributed by atoms with van der Waals surface area (Å²) in [7, 11) is -1.74. The molecule has 1 aliphatic rings. The quantitative estimate of drug-likeness (QED) is 0.447. The fraction of sp³-hybridized carbons (Fsp3) is 0.565. The van der Waals surface area contributed by atoms with Gasteiger partial charge in [0.15, 0.2) is 8.07 Å². The predicted octanol–water partition coefficient (Wildman–Crippen LogP) is 5.88. The van der Waals surface area contributed by atoms with Crippen LogP contribution in [0.1, 0.15) is 75.5 Å². The monoisotopic (exact) mass is 354 g/mol. The molecule has 1 nitrogen and oxygen atoms in total. The molecule has 136 valence electrons. The highest BCUT2D eigenvalue weighted by Crippen LogP contribution is 2.35. The topological polar surface area (TPSA) is 13.1 Å². The highest BCUT2D eigenvalue weighted by molar-refractivity contribution is 6.99. The van der Waals surface area contributed by atoms with E-state index in [9.17, 15) is 0 Å². The van der Waals surface area contributed by atoms with Gasteiger partial charge in [0.2, 0.25) is 0 Å². The molecule has 2 heteroatoms. The van der Waals surface area contributed by atoms with Gasteiger partial charge < -0.3 is 4.42 Å². The van der Waals surface area contributed by atoms with Gasteiger partial charge in [-0.1, -0.05) is 87.6 Å². The Hall–Kier alpha value is -1.28. The second kappa shape index (κ2) is 8.40. The lowest BCUT2D eigenvalue weighted by atomic mass is 9.83. The van der Waals surface area contributed by atoms with Crippen molar-refractivity contribution in [3.8, 4) is 0 Å². The number of hydrogen-bond donors (Lipinski definition) is 0. The van der Waals surface area contributed by atoms with Crippen molar-refractivity contribution in [3.05, 3.63) is 47.7 Å². The fourth-order valence-electron chi connectivity index (χ4n) is 4.24. The summed E-state index contributed by atoms with van der Waals surface area (Å²) in [4.78, 5) is 0. The number of furan rings is 1. The number of aryl methyl sites for hydroxylation is 1. The minimum Gasteiger partial charge on any atom is -0.470 e. The first kappa shape index (κ1) is 18.5. The number of unbranched alkanes of at least 4 members (excludes halogenated alkanes) is 2. The first-order valence-electron chi connectivity index (χ1n) is 10.3. The predicted molar refractivity (Wildman–Crippen MR) is 111 cm³/mol. The van der Waals surface area contributed by atoms with Gasteiger partial charge in [0.25, 0.3) is 0 Å². The molecule has 25 heavy (non-hydrogen) atoms. The first-order chi connectivity index (χ1) is 12.1. The second-order valence-corrected chi connectivity index (χ2v) is 12.6. The van der Waals surface area contributed by atoms with Gasteiger partial charge in [0, 0.05) is 6.42 Å². The van der Waals surface area contributed by atoms with Crippen LogP contribution in [0.4, 0.5) is 0 Å². The highest BCUT2D eigenvalue weighted by Gasteiger charge is 2.32. The van der Waals surface area contributed by atoms with Gasteiger partial charge in [-0.2, -0.15) is 0 Å². The summed E-state index contributed by atoms with van der Waals surface area (Å²) in [6.07, 6.45) is 11.9. The minimum atomic E-state index is -1.74. The Balaban J connectivity index is 1.91. The van der Waals surface area contributed by atoms with Crippen LogP contribution in [0.5, 0.6) is 0 Å². The van der Waals surface area contributed by atoms with Crippen molar-refractivity contribution >= 4 is 18.6 Å². The molecule has 1 heterocycles. The van der Waals surface area contributed by atoms with Crippen LogP contribution in [0, 0.1) is 0 Å². The van der Waals surface area contributed by atoms with Crippen LogP contribution >= 0.6 is 0 Å². The molecule has 0 unspecified atom stereocenters. The lowest BCUT2D eigenvalue weighted by Gasteiger charge is -2.21. The van der Waals surface area contributed by atoms with Crippen LogP contribution in [-0.4, -0.2) is 8.07 Å². The maximum absolute atomic E-state index is 6.60. The van der Waals surface area contributed by atoms with Crippen LogP contribution < -0.4 is 10.6 Å². The van der Waals surface area contributed by atoms with E-state index >= 15 is 0 Å². The van der Waals surface area contributed by atoms with Crippen LogP contribution in [0.25, 0.3) is 0 Å². The van der Waals surface area contributed by atoms with E-state index in [4.69, 9.17) is 4.42 Å². The van der Waals surface area contributed by atoms with E-state index in [0.29, 0.717) is 0 Å². The molecule has 1 saturated carbocycles. The molecule has 0 N–H and O–H groups in total. The summed E-state index contributed by atoms with van der Waals surface area (Å²) in [5.41, 5.74) is 1.56. The largest absolute Gasteiger partial charge is 0.470 e. The molecule has 0 atom stereocenters. The van der Waals surface area contributed by atoms with E-state index in [1.54, 1.807) is 5.56 Å². The van der Waals surface area contributed by atoms with Crippen molar-refractivity contribution in [2.75, 3.05) is 0 Å². The van der Waals surface area contributed by atoms with Crippen molar-refractivity contribution < 1.29 is 4.42 Å². The van der Waals surface area contributed by atoms with Gasteiger partial charge in [0.1, 0.15) is 5.76 Å². The third-order valence-electron chi connectivity index (χ3n) is 6.01. The molecule has 0 saturated heterocycles. The van der Waals surface area contributed by atoms with E-state index in [1.807, 2.05) is 0 Å². The Labute approximate surface area is 154 Å². The van der Waals surface area contributed by atoms with Gasteiger partial charge in [-0.3, -0.25) is 0 Å². The smallest absolute Gasteiger partial charge is 0.156 e. The van der Waals surface area contributed by atoms with Gasteiger partial charge in [-0.15, -0.1) is 0 Å². The molecule has 3 rings (SSSR count). The summed E-state index contributed by atoms with van der Waals surface area (Å²) in [6.45, 7) is 7.14. The Morgan fingerprint density at radius 2 is 1.72 bits per heavy atom. The standard InChI is InChI=1S/C23H34OSi/c1-4-5-8-17-22-21(19-13-9-6-10-14-19)18-23(24-22)25(2,3)20-15-11-7-12-16-20/h7,11-12,15-16,18-19H,4-6,8-10,13-14,17H2,1-3H3. The molecule has 1 aliphatic carbocycles. The lowest BCUT2D eigenvalue weighted by molar-refractivity contribution is 0.429. The lowest BCUT2D eigenvalue weighted by Crippen LogP contribution is -2.52. The first-order valence-corrected chi connectivity index (χ1v) is 13.3.